The van der Waals surface area contributed by atoms with Crippen LogP contribution in [0, 0.1) is 11.3 Å². The van der Waals surface area contributed by atoms with Crippen LogP contribution in [-0.2, 0) is 0 Å². The van der Waals surface area contributed by atoms with E-state index in [9.17, 15) is 10.1 Å². The number of hydrogen-bond donors (Lipinski definition) is 0. The molecule has 0 aliphatic rings. The fraction of sp³-hybridized carbons (Fsp3) is 0.111. The minimum Gasteiger partial charge on any atom is -0.493 e. The van der Waals surface area contributed by atoms with E-state index in [0.29, 0.717) is 22.6 Å². The van der Waals surface area contributed by atoms with Gasteiger partial charge in [-0.25, -0.2) is 0 Å². The van der Waals surface area contributed by atoms with Crippen LogP contribution in [0.2, 0.25) is 0 Å². The largest absolute Gasteiger partial charge is 0.493 e. The highest BCUT2D eigenvalue weighted by atomic mass is 16.5. The Morgan fingerprint density at radius 3 is 2.36 bits per heavy atom. The van der Waals surface area contributed by atoms with Crippen molar-refractivity contribution >= 4 is 11.9 Å². The molecule has 0 aliphatic carbocycles. The number of carbonyl (C=O) groups excluding carboxylic acids is 1. The van der Waals surface area contributed by atoms with Crippen molar-refractivity contribution in [1.29, 1.82) is 5.26 Å². The highest BCUT2D eigenvalue weighted by Gasteiger charge is 2.14. The lowest BCUT2D eigenvalue weighted by atomic mass is 10.0. The van der Waals surface area contributed by atoms with Gasteiger partial charge in [-0.2, -0.15) is 5.26 Å². The molecule has 22 heavy (non-hydrogen) atoms. The lowest BCUT2D eigenvalue weighted by molar-refractivity contribution is 0.104. The van der Waals surface area contributed by atoms with Crippen LogP contribution in [0.3, 0.4) is 0 Å². The summed E-state index contributed by atoms with van der Waals surface area (Å²) in [5.74, 6) is 0.701. The summed E-state index contributed by atoms with van der Waals surface area (Å²) in [6.45, 7) is 0. The molecule has 0 N–H and O–H groups in total. The van der Waals surface area contributed by atoms with Gasteiger partial charge in [-0.1, -0.05) is 42.5 Å². The fourth-order valence-corrected chi connectivity index (χ4v) is 2.07. The second kappa shape index (κ2) is 7.09. The molecular weight excluding hydrogens is 278 g/mol. The molecule has 2 rings (SSSR count). The van der Waals surface area contributed by atoms with Gasteiger partial charge in [0, 0.05) is 11.1 Å². The number of benzene rings is 2. The van der Waals surface area contributed by atoms with Gasteiger partial charge in [0.25, 0.3) is 0 Å². The summed E-state index contributed by atoms with van der Waals surface area (Å²) >= 11 is 0. The van der Waals surface area contributed by atoms with Crippen molar-refractivity contribution in [3.05, 3.63) is 65.2 Å². The molecule has 0 spiro atoms. The van der Waals surface area contributed by atoms with Gasteiger partial charge < -0.3 is 9.47 Å². The van der Waals surface area contributed by atoms with Gasteiger partial charge in [-0.3, -0.25) is 4.79 Å². The molecule has 0 saturated heterocycles. The smallest absolute Gasteiger partial charge is 0.203 e. The Morgan fingerprint density at radius 1 is 1.05 bits per heavy atom. The van der Waals surface area contributed by atoms with Gasteiger partial charge in [0.05, 0.1) is 14.2 Å². The number of Topliss-reactive ketones (excluding diaryl/α,β-unsaturated/α-hetero) is 1. The maximum absolute atomic E-state index is 12.4. The summed E-state index contributed by atoms with van der Waals surface area (Å²) in [6, 6.07) is 15.9. The summed E-state index contributed by atoms with van der Waals surface area (Å²) in [7, 11) is 3.05. The SMILES string of the molecule is COc1cccc(/C=C(/C#N)C(=O)c2ccccc2)c1OC. The van der Waals surface area contributed by atoms with Crippen LogP contribution in [0.25, 0.3) is 6.08 Å². The summed E-state index contributed by atoms with van der Waals surface area (Å²) in [4.78, 5) is 12.4. The predicted molar refractivity (Wildman–Crippen MR) is 83.9 cm³/mol. The Morgan fingerprint density at radius 2 is 1.77 bits per heavy atom. The molecule has 4 heteroatoms. The number of ketones is 1. The van der Waals surface area contributed by atoms with E-state index in [2.05, 4.69) is 0 Å². The Kier molecular flexibility index (Phi) is 4.94. The molecule has 0 radical (unpaired) electrons. The summed E-state index contributed by atoms with van der Waals surface area (Å²) in [5.41, 5.74) is 1.12. The van der Waals surface area contributed by atoms with E-state index in [1.165, 1.54) is 20.3 Å². The number of nitrogens with zero attached hydrogens (tertiary/aromatic N) is 1. The van der Waals surface area contributed by atoms with E-state index in [4.69, 9.17) is 9.47 Å². The minimum absolute atomic E-state index is 0.0396. The number of methoxy groups -OCH3 is 2. The molecule has 0 saturated carbocycles. The number of para-hydroxylation sites is 1. The summed E-state index contributed by atoms with van der Waals surface area (Å²) in [5, 5.41) is 9.30. The zero-order valence-corrected chi connectivity index (χ0v) is 12.4. The molecule has 0 atom stereocenters. The molecule has 110 valence electrons. The standard InChI is InChI=1S/C18H15NO3/c1-21-16-10-6-9-14(18(16)22-2)11-15(12-19)17(20)13-7-4-3-5-8-13/h3-11H,1-2H3/b15-11-. The average Bonchev–Trinajstić information content (AvgIpc) is 2.59. The minimum atomic E-state index is -0.326. The normalized spacial score (nSPS) is 10.7. The van der Waals surface area contributed by atoms with Gasteiger partial charge in [-0.15, -0.1) is 0 Å². The van der Waals surface area contributed by atoms with Crippen LogP contribution < -0.4 is 9.47 Å². The first-order valence-electron chi connectivity index (χ1n) is 6.63. The molecule has 0 aromatic heterocycles. The van der Waals surface area contributed by atoms with Crippen LogP contribution in [0.15, 0.2) is 54.1 Å². The lowest BCUT2D eigenvalue weighted by Gasteiger charge is -2.10. The molecule has 0 heterocycles. The van der Waals surface area contributed by atoms with E-state index in [1.807, 2.05) is 12.1 Å². The monoisotopic (exact) mass is 293 g/mol. The van der Waals surface area contributed by atoms with Crippen LogP contribution in [0.5, 0.6) is 11.5 Å². The van der Waals surface area contributed by atoms with Crippen LogP contribution >= 0.6 is 0 Å². The molecule has 0 unspecified atom stereocenters. The third-order valence-electron chi connectivity index (χ3n) is 3.13. The van der Waals surface area contributed by atoms with E-state index >= 15 is 0 Å². The molecule has 0 amide bonds. The maximum Gasteiger partial charge on any atom is 0.203 e. The molecule has 0 bridgehead atoms. The molecule has 2 aromatic carbocycles. The average molecular weight is 293 g/mol. The quantitative estimate of drug-likeness (QED) is 0.481. The molecule has 2 aromatic rings. The van der Waals surface area contributed by atoms with Crippen LogP contribution in [0.4, 0.5) is 0 Å². The van der Waals surface area contributed by atoms with Crippen molar-refractivity contribution in [2.75, 3.05) is 14.2 Å². The molecular formula is C18H15NO3. The first-order chi connectivity index (χ1) is 10.7. The number of allylic oxidation sites excluding steroid dienone is 1. The van der Waals surface area contributed by atoms with Gasteiger partial charge in [0.2, 0.25) is 5.78 Å². The van der Waals surface area contributed by atoms with Crippen LogP contribution in [0.1, 0.15) is 15.9 Å². The first kappa shape index (κ1) is 15.3. The third kappa shape index (κ3) is 3.15. The van der Waals surface area contributed by atoms with Gasteiger partial charge in [0.1, 0.15) is 11.6 Å². The zero-order valence-electron chi connectivity index (χ0n) is 12.4. The van der Waals surface area contributed by atoms with Crippen molar-refractivity contribution in [2.24, 2.45) is 0 Å². The van der Waals surface area contributed by atoms with Crippen molar-refractivity contribution in [2.45, 2.75) is 0 Å². The lowest BCUT2D eigenvalue weighted by Crippen LogP contribution is -2.02. The van der Waals surface area contributed by atoms with E-state index in [-0.39, 0.29) is 11.4 Å². The zero-order chi connectivity index (χ0) is 15.9. The molecule has 0 fully saturated rings. The molecule has 4 nitrogen and oxygen atoms in total. The third-order valence-corrected chi connectivity index (χ3v) is 3.13. The fourth-order valence-electron chi connectivity index (χ4n) is 2.07. The Labute approximate surface area is 129 Å². The van der Waals surface area contributed by atoms with E-state index in [1.54, 1.807) is 42.5 Å². The number of nitriles is 1. The van der Waals surface area contributed by atoms with Gasteiger partial charge in [-0.05, 0) is 12.1 Å². The van der Waals surface area contributed by atoms with Crippen molar-refractivity contribution in [3.63, 3.8) is 0 Å². The van der Waals surface area contributed by atoms with Gasteiger partial charge >= 0.3 is 0 Å². The summed E-state index contributed by atoms with van der Waals surface area (Å²) < 4.78 is 10.5. The summed E-state index contributed by atoms with van der Waals surface area (Å²) in [6.07, 6.45) is 1.51. The highest BCUT2D eigenvalue weighted by Crippen LogP contribution is 2.32. The Balaban J connectivity index is 2.47. The number of ether oxygens (including phenoxy) is 2. The van der Waals surface area contributed by atoms with Gasteiger partial charge in [0.15, 0.2) is 11.5 Å². The Hall–Kier alpha value is -3.06. The Bertz CT molecular complexity index is 743. The van der Waals surface area contributed by atoms with Crippen molar-refractivity contribution in [1.82, 2.24) is 0 Å². The predicted octanol–water partition coefficient (Wildman–Crippen LogP) is 3.49. The van der Waals surface area contributed by atoms with Crippen LogP contribution in [-0.4, -0.2) is 20.0 Å². The van der Waals surface area contributed by atoms with Crippen molar-refractivity contribution in [3.8, 4) is 17.6 Å². The second-order valence-electron chi connectivity index (χ2n) is 4.45. The number of rotatable bonds is 5. The number of carbonyl (C=O) groups is 1. The molecule has 0 aliphatic heterocycles. The highest BCUT2D eigenvalue weighted by molar-refractivity contribution is 6.14. The topological polar surface area (TPSA) is 59.3 Å². The second-order valence-corrected chi connectivity index (χ2v) is 4.45. The first-order valence-corrected chi connectivity index (χ1v) is 6.63. The number of hydrogen-bond acceptors (Lipinski definition) is 4. The van der Waals surface area contributed by atoms with E-state index < -0.39 is 0 Å². The van der Waals surface area contributed by atoms with E-state index in [0.717, 1.165) is 0 Å². The maximum atomic E-state index is 12.4. The van der Waals surface area contributed by atoms with Crippen molar-refractivity contribution < 1.29 is 14.3 Å².